The van der Waals surface area contributed by atoms with Crippen LogP contribution in [0.15, 0.2) is 54.6 Å². The standard InChI is InChI=1S/C22H23NO5/c1-4-28-22(25)21(23-15-7-10-16(26-2)11-8-15)20-18-13-17(27-3)9-5-14(18)6-12-19(20)24/h5-13,21,23-24H,4H2,1-3H3. The summed E-state index contributed by atoms with van der Waals surface area (Å²) in [6.45, 7) is 1.98. The van der Waals surface area contributed by atoms with Gasteiger partial charge in [0.05, 0.1) is 20.8 Å². The lowest BCUT2D eigenvalue weighted by Crippen LogP contribution is -2.24. The first-order valence-corrected chi connectivity index (χ1v) is 8.94. The average molecular weight is 381 g/mol. The summed E-state index contributed by atoms with van der Waals surface area (Å²) in [6.07, 6.45) is 0. The third-order valence-electron chi connectivity index (χ3n) is 4.46. The largest absolute Gasteiger partial charge is 0.508 e. The van der Waals surface area contributed by atoms with Gasteiger partial charge in [0.1, 0.15) is 17.2 Å². The van der Waals surface area contributed by atoms with Crippen molar-refractivity contribution in [1.29, 1.82) is 0 Å². The molecule has 3 aromatic rings. The zero-order chi connectivity index (χ0) is 20.1. The number of rotatable bonds is 7. The van der Waals surface area contributed by atoms with Gasteiger partial charge >= 0.3 is 5.97 Å². The molecular weight excluding hydrogens is 358 g/mol. The van der Waals surface area contributed by atoms with Gasteiger partial charge in [-0.2, -0.15) is 0 Å². The molecular formula is C22H23NO5. The first-order valence-electron chi connectivity index (χ1n) is 8.94. The molecule has 0 aliphatic heterocycles. The number of hydrogen-bond donors (Lipinski definition) is 2. The first-order chi connectivity index (χ1) is 13.6. The van der Waals surface area contributed by atoms with E-state index in [1.165, 1.54) is 0 Å². The fourth-order valence-corrected chi connectivity index (χ4v) is 3.07. The molecule has 146 valence electrons. The fourth-order valence-electron chi connectivity index (χ4n) is 3.07. The second kappa shape index (κ2) is 8.52. The Labute approximate surface area is 163 Å². The molecule has 0 saturated heterocycles. The van der Waals surface area contributed by atoms with Crippen molar-refractivity contribution < 1.29 is 24.1 Å². The van der Waals surface area contributed by atoms with Gasteiger partial charge in [0.25, 0.3) is 0 Å². The maximum atomic E-state index is 12.8. The van der Waals surface area contributed by atoms with Gasteiger partial charge in [0, 0.05) is 11.3 Å². The summed E-state index contributed by atoms with van der Waals surface area (Å²) >= 11 is 0. The van der Waals surface area contributed by atoms with E-state index in [2.05, 4.69) is 5.32 Å². The Hall–Kier alpha value is -3.41. The molecule has 0 aliphatic rings. The molecule has 2 N–H and O–H groups in total. The van der Waals surface area contributed by atoms with Crippen LogP contribution in [-0.2, 0) is 9.53 Å². The van der Waals surface area contributed by atoms with Gasteiger partial charge in [0.15, 0.2) is 6.04 Å². The van der Waals surface area contributed by atoms with E-state index in [1.807, 2.05) is 12.1 Å². The maximum absolute atomic E-state index is 12.8. The molecule has 1 unspecified atom stereocenters. The van der Waals surface area contributed by atoms with Crippen LogP contribution in [0.4, 0.5) is 5.69 Å². The van der Waals surface area contributed by atoms with Crippen LogP contribution >= 0.6 is 0 Å². The molecule has 0 bridgehead atoms. The molecule has 6 nitrogen and oxygen atoms in total. The lowest BCUT2D eigenvalue weighted by Gasteiger charge is -2.22. The van der Waals surface area contributed by atoms with Gasteiger partial charge in [-0.15, -0.1) is 0 Å². The highest BCUT2D eigenvalue weighted by Crippen LogP contribution is 2.36. The number of carbonyl (C=O) groups is 1. The molecule has 0 aliphatic carbocycles. The number of aromatic hydroxyl groups is 1. The molecule has 28 heavy (non-hydrogen) atoms. The molecule has 3 aromatic carbocycles. The summed E-state index contributed by atoms with van der Waals surface area (Å²) in [5.74, 6) is 0.853. The monoisotopic (exact) mass is 381 g/mol. The van der Waals surface area contributed by atoms with E-state index in [0.29, 0.717) is 28.1 Å². The van der Waals surface area contributed by atoms with E-state index < -0.39 is 12.0 Å². The number of nitrogens with one attached hydrogen (secondary N) is 1. The van der Waals surface area contributed by atoms with E-state index in [4.69, 9.17) is 14.2 Å². The molecule has 0 radical (unpaired) electrons. The van der Waals surface area contributed by atoms with Gasteiger partial charge in [-0.05, 0) is 60.2 Å². The quantitative estimate of drug-likeness (QED) is 0.595. The maximum Gasteiger partial charge on any atom is 0.333 e. The number of carbonyl (C=O) groups excluding carboxylic acids is 1. The SMILES string of the molecule is CCOC(=O)C(Nc1ccc(OC)cc1)c1c(O)ccc2ccc(OC)cc12. The summed E-state index contributed by atoms with van der Waals surface area (Å²) in [7, 11) is 3.16. The molecule has 0 spiro atoms. The van der Waals surface area contributed by atoms with Gasteiger partial charge in [-0.25, -0.2) is 4.79 Å². The second-order valence-corrected chi connectivity index (χ2v) is 6.14. The fraction of sp³-hybridized carbons (Fsp3) is 0.227. The second-order valence-electron chi connectivity index (χ2n) is 6.14. The van der Waals surface area contributed by atoms with Gasteiger partial charge in [-0.3, -0.25) is 0 Å². The van der Waals surface area contributed by atoms with Crippen molar-refractivity contribution in [3.05, 3.63) is 60.2 Å². The summed E-state index contributed by atoms with van der Waals surface area (Å²) in [6, 6.07) is 15.2. The van der Waals surface area contributed by atoms with E-state index in [0.717, 1.165) is 5.39 Å². The van der Waals surface area contributed by atoms with Crippen LogP contribution < -0.4 is 14.8 Å². The highest BCUT2D eigenvalue weighted by molar-refractivity contribution is 5.95. The zero-order valence-electron chi connectivity index (χ0n) is 16.1. The van der Waals surface area contributed by atoms with E-state index in [1.54, 1.807) is 63.6 Å². The van der Waals surface area contributed by atoms with Crippen LogP contribution in [0.25, 0.3) is 10.8 Å². The van der Waals surface area contributed by atoms with Crippen molar-refractivity contribution in [3.8, 4) is 17.2 Å². The van der Waals surface area contributed by atoms with Crippen LogP contribution in [0.1, 0.15) is 18.5 Å². The topological polar surface area (TPSA) is 77.0 Å². The number of fused-ring (bicyclic) bond motifs is 1. The Morgan fingerprint density at radius 2 is 1.64 bits per heavy atom. The summed E-state index contributed by atoms with van der Waals surface area (Å²) in [5.41, 5.74) is 1.13. The molecule has 0 heterocycles. The average Bonchev–Trinajstić information content (AvgIpc) is 2.72. The molecule has 6 heteroatoms. The smallest absolute Gasteiger partial charge is 0.333 e. The van der Waals surface area contributed by atoms with E-state index in [-0.39, 0.29) is 12.4 Å². The Bertz CT molecular complexity index is 969. The third kappa shape index (κ3) is 3.96. The van der Waals surface area contributed by atoms with Crippen LogP contribution in [0.3, 0.4) is 0 Å². The molecule has 0 saturated carbocycles. The minimum absolute atomic E-state index is 0.000169. The van der Waals surface area contributed by atoms with E-state index in [9.17, 15) is 9.90 Å². The van der Waals surface area contributed by atoms with Crippen LogP contribution in [0.2, 0.25) is 0 Å². The molecule has 0 aromatic heterocycles. The lowest BCUT2D eigenvalue weighted by molar-refractivity contribution is -0.144. The number of benzene rings is 3. The summed E-state index contributed by atoms with van der Waals surface area (Å²) in [4.78, 5) is 12.8. The number of phenols is 1. The van der Waals surface area contributed by atoms with Gasteiger partial charge < -0.3 is 24.6 Å². The molecule has 3 rings (SSSR count). The van der Waals surface area contributed by atoms with Crippen LogP contribution in [-0.4, -0.2) is 31.9 Å². The Balaban J connectivity index is 2.11. The number of anilines is 1. The normalized spacial score (nSPS) is 11.7. The zero-order valence-corrected chi connectivity index (χ0v) is 16.1. The highest BCUT2D eigenvalue weighted by Gasteiger charge is 2.27. The van der Waals surface area contributed by atoms with Crippen molar-refractivity contribution >= 4 is 22.4 Å². The number of methoxy groups -OCH3 is 2. The van der Waals surface area contributed by atoms with Gasteiger partial charge in [0.2, 0.25) is 0 Å². The number of esters is 1. The summed E-state index contributed by atoms with van der Waals surface area (Å²) in [5, 5.41) is 15.4. The Morgan fingerprint density at radius 3 is 2.29 bits per heavy atom. The number of ether oxygens (including phenoxy) is 3. The van der Waals surface area contributed by atoms with Crippen molar-refractivity contribution in [2.45, 2.75) is 13.0 Å². The van der Waals surface area contributed by atoms with E-state index >= 15 is 0 Å². The van der Waals surface area contributed by atoms with Crippen molar-refractivity contribution in [2.24, 2.45) is 0 Å². The predicted molar refractivity (Wildman–Crippen MR) is 108 cm³/mol. The first kappa shape index (κ1) is 19.4. The Kier molecular flexibility index (Phi) is 5.89. The van der Waals surface area contributed by atoms with Gasteiger partial charge in [-0.1, -0.05) is 12.1 Å². The number of hydrogen-bond acceptors (Lipinski definition) is 6. The van der Waals surface area contributed by atoms with Crippen LogP contribution in [0, 0.1) is 0 Å². The lowest BCUT2D eigenvalue weighted by atomic mass is 9.97. The molecule has 0 amide bonds. The predicted octanol–water partition coefficient (Wildman–Crippen LogP) is 4.28. The highest BCUT2D eigenvalue weighted by atomic mass is 16.5. The molecule has 1 atom stereocenters. The van der Waals surface area contributed by atoms with Crippen LogP contribution in [0.5, 0.6) is 17.2 Å². The minimum atomic E-state index is -0.899. The summed E-state index contributed by atoms with van der Waals surface area (Å²) < 4.78 is 15.8. The minimum Gasteiger partial charge on any atom is -0.508 e. The Morgan fingerprint density at radius 1 is 1.00 bits per heavy atom. The third-order valence-corrected chi connectivity index (χ3v) is 4.46. The van der Waals surface area contributed by atoms with Crippen molar-refractivity contribution in [3.63, 3.8) is 0 Å². The molecule has 0 fully saturated rings. The number of phenolic OH excluding ortho intramolecular Hbond substituents is 1. The van der Waals surface area contributed by atoms with Crippen molar-refractivity contribution in [2.75, 3.05) is 26.1 Å². The van der Waals surface area contributed by atoms with Crippen molar-refractivity contribution in [1.82, 2.24) is 0 Å².